The summed E-state index contributed by atoms with van der Waals surface area (Å²) < 4.78 is 15.0. The summed E-state index contributed by atoms with van der Waals surface area (Å²) in [6.45, 7) is 4.78. The monoisotopic (exact) mass is 316 g/mol. The van der Waals surface area contributed by atoms with E-state index in [9.17, 15) is 0 Å². The minimum Gasteiger partial charge on any atom is -0.207 e. The Labute approximate surface area is 142 Å². The van der Waals surface area contributed by atoms with Crippen LogP contribution in [0.3, 0.4) is 0 Å². The van der Waals surface area contributed by atoms with E-state index in [1.807, 2.05) is 6.07 Å². The molecule has 0 unspecified atom stereocenters. The zero-order valence-electron chi connectivity index (χ0n) is 14.8. The summed E-state index contributed by atoms with van der Waals surface area (Å²) in [4.78, 5) is 0. The van der Waals surface area contributed by atoms with Gasteiger partial charge in [0.15, 0.2) is 0 Å². The molecule has 4 fully saturated rings. The molecule has 1 heteroatoms. The van der Waals surface area contributed by atoms with Crippen molar-refractivity contribution in [2.24, 2.45) is 11.3 Å². The molecule has 0 heterocycles. The van der Waals surface area contributed by atoms with Crippen molar-refractivity contribution in [3.05, 3.63) is 35.1 Å². The number of fused-ring (bicyclic) bond motifs is 3. The molecule has 1 aromatic carbocycles. The molecule has 0 aromatic heterocycles. The second-order valence-electron chi connectivity index (χ2n) is 9.29. The van der Waals surface area contributed by atoms with Crippen molar-refractivity contribution in [3.63, 3.8) is 0 Å². The number of hydrogen-bond acceptors (Lipinski definition) is 0. The normalized spacial score (nSPS) is 40.3. The molecule has 0 N–H and O–H groups in total. The van der Waals surface area contributed by atoms with Gasteiger partial charge >= 0.3 is 0 Å². The molecule has 128 valence electrons. The standard InChI is InChI=1S/C22H31F.H2/c1-16-3-5-17(6-4-16)18-7-8-19(20(23)15-18)22-12-9-21(2,10-13-22)11-14-22;/h7-8,15-17H,3-6,9-14H2,1-2H3;1H. The summed E-state index contributed by atoms with van der Waals surface area (Å²) in [5, 5.41) is 0. The summed E-state index contributed by atoms with van der Waals surface area (Å²) in [5.41, 5.74) is 3.00. The molecule has 1 aromatic rings. The Morgan fingerprint density at radius 1 is 0.957 bits per heavy atom. The van der Waals surface area contributed by atoms with Crippen LogP contribution in [0.15, 0.2) is 18.2 Å². The van der Waals surface area contributed by atoms with E-state index in [0.29, 0.717) is 11.3 Å². The number of halogens is 1. The highest BCUT2D eigenvalue weighted by Crippen LogP contribution is 2.58. The van der Waals surface area contributed by atoms with Gasteiger partial charge in [-0.2, -0.15) is 0 Å². The number of rotatable bonds is 2. The maximum absolute atomic E-state index is 15.0. The number of hydrogen-bond donors (Lipinski definition) is 0. The highest BCUT2D eigenvalue weighted by molar-refractivity contribution is 5.34. The van der Waals surface area contributed by atoms with Gasteiger partial charge in [0.25, 0.3) is 0 Å². The summed E-state index contributed by atoms with van der Waals surface area (Å²) >= 11 is 0. The van der Waals surface area contributed by atoms with Gasteiger partial charge in [0.1, 0.15) is 5.82 Å². The molecular weight excluding hydrogens is 283 g/mol. The summed E-state index contributed by atoms with van der Waals surface area (Å²) in [7, 11) is 0. The zero-order valence-corrected chi connectivity index (χ0v) is 14.8. The van der Waals surface area contributed by atoms with Crippen molar-refractivity contribution < 1.29 is 5.82 Å². The Balaban J connectivity index is 0.00000169. The Hall–Kier alpha value is -0.850. The average molecular weight is 317 g/mol. The van der Waals surface area contributed by atoms with E-state index < -0.39 is 0 Å². The SMILES string of the molecule is CC1CCC(c2ccc(C34CCC(C)(CC3)CC4)c(F)c2)CC1.[HH]. The summed E-state index contributed by atoms with van der Waals surface area (Å²) in [5.74, 6) is 1.54. The second-order valence-corrected chi connectivity index (χ2v) is 9.29. The first-order valence-electron chi connectivity index (χ1n) is 9.80. The van der Waals surface area contributed by atoms with Crippen molar-refractivity contribution >= 4 is 0 Å². The van der Waals surface area contributed by atoms with Crippen LogP contribution in [0.4, 0.5) is 4.39 Å². The van der Waals surface area contributed by atoms with Gasteiger partial charge in [0, 0.05) is 1.43 Å². The maximum Gasteiger partial charge on any atom is 0.127 e. The molecule has 0 aliphatic heterocycles. The predicted octanol–water partition coefficient (Wildman–Crippen LogP) is 6.98. The van der Waals surface area contributed by atoms with Crippen molar-refractivity contribution in [1.82, 2.24) is 0 Å². The molecule has 0 saturated heterocycles. The van der Waals surface area contributed by atoms with Crippen LogP contribution < -0.4 is 0 Å². The lowest BCUT2D eigenvalue weighted by molar-refractivity contribution is 0.0536. The fourth-order valence-corrected chi connectivity index (χ4v) is 5.59. The van der Waals surface area contributed by atoms with E-state index >= 15 is 4.39 Å². The van der Waals surface area contributed by atoms with Crippen molar-refractivity contribution in [1.29, 1.82) is 0 Å². The minimum atomic E-state index is 0. The van der Waals surface area contributed by atoms with Crippen LogP contribution in [0.1, 0.15) is 96.5 Å². The third-order valence-corrected chi connectivity index (χ3v) is 7.67. The molecule has 0 amide bonds. The lowest BCUT2D eigenvalue weighted by Gasteiger charge is -2.52. The second kappa shape index (κ2) is 5.60. The molecule has 0 spiro atoms. The van der Waals surface area contributed by atoms with Crippen LogP contribution in [-0.4, -0.2) is 0 Å². The van der Waals surface area contributed by atoms with Gasteiger partial charge in [-0.15, -0.1) is 0 Å². The first kappa shape index (κ1) is 15.7. The molecule has 0 radical (unpaired) electrons. The first-order valence-corrected chi connectivity index (χ1v) is 9.80. The molecule has 23 heavy (non-hydrogen) atoms. The van der Waals surface area contributed by atoms with Gasteiger partial charge in [-0.3, -0.25) is 0 Å². The van der Waals surface area contributed by atoms with Crippen LogP contribution in [0.5, 0.6) is 0 Å². The van der Waals surface area contributed by atoms with Crippen LogP contribution in [0, 0.1) is 17.2 Å². The number of benzene rings is 1. The molecule has 4 saturated carbocycles. The van der Waals surface area contributed by atoms with E-state index in [4.69, 9.17) is 0 Å². The third-order valence-electron chi connectivity index (χ3n) is 7.67. The minimum absolute atomic E-state index is 0. The largest absolute Gasteiger partial charge is 0.207 e. The Morgan fingerprint density at radius 2 is 1.57 bits per heavy atom. The van der Waals surface area contributed by atoms with E-state index in [1.165, 1.54) is 69.8 Å². The predicted molar refractivity (Wildman–Crippen MR) is 96.4 cm³/mol. The van der Waals surface area contributed by atoms with E-state index in [-0.39, 0.29) is 12.7 Å². The molecular formula is C22H33F. The van der Waals surface area contributed by atoms with Gasteiger partial charge in [-0.1, -0.05) is 38.8 Å². The third kappa shape index (κ3) is 2.75. The Morgan fingerprint density at radius 3 is 2.13 bits per heavy atom. The first-order chi connectivity index (χ1) is 11.0. The smallest absolute Gasteiger partial charge is 0.127 e. The Bertz CT molecular complexity index is 561. The lowest BCUT2D eigenvalue weighted by atomic mass is 9.52. The van der Waals surface area contributed by atoms with E-state index in [1.54, 1.807) is 0 Å². The van der Waals surface area contributed by atoms with Gasteiger partial charge in [-0.05, 0) is 91.2 Å². The van der Waals surface area contributed by atoms with Crippen LogP contribution in [-0.2, 0) is 5.41 Å². The molecule has 5 rings (SSSR count). The van der Waals surface area contributed by atoms with E-state index in [2.05, 4.69) is 26.0 Å². The molecule has 4 aliphatic rings. The van der Waals surface area contributed by atoms with Crippen LogP contribution >= 0.6 is 0 Å². The molecule has 0 nitrogen and oxygen atoms in total. The van der Waals surface area contributed by atoms with E-state index in [0.717, 1.165) is 11.5 Å². The summed E-state index contributed by atoms with van der Waals surface area (Å²) in [6, 6.07) is 6.32. The fraction of sp³-hybridized carbons (Fsp3) is 0.727. The lowest BCUT2D eigenvalue weighted by Crippen LogP contribution is -2.43. The fourth-order valence-electron chi connectivity index (χ4n) is 5.59. The topological polar surface area (TPSA) is 0 Å². The summed E-state index contributed by atoms with van der Waals surface area (Å²) in [6.07, 6.45) is 12.5. The molecule has 4 aliphatic carbocycles. The van der Waals surface area contributed by atoms with Gasteiger partial charge in [0.2, 0.25) is 0 Å². The van der Waals surface area contributed by atoms with Crippen LogP contribution in [0.25, 0.3) is 0 Å². The average Bonchev–Trinajstić information content (AvgIpc) is 2.56. The zero-order chi connectivity index (χ0) is 16.1. The maximum atomic E-state index is 15.0. The van der Waals surface area contributed by atoms with Gasteiger partial charge < -0.3 is 0 Å². The van der Waals surface area contributed by atoms with Crippen molar-refractivity contribution in [2.75, 3.05) is 0 Å². The van der Waals surface area contributed by atoms with Gasteiger partial charge in [-0.25, -0.2) is 4.39 Å². The quantitative estimate of drug-likeness (QED) is 0.552. The van der Waals surface area contributed by atoms with Crippen LogP contribution in [0.2, 0.25) is 0 Å². The Kier molecular flexibility index (Phi) is 3.82. The highest BCUT2D eigenvalue weighted by atomic mass is 19.1. The van der Waals surface area contributed by atoms with Crippen molar-refractivity contribution in [3.8, 4) is 0 Å². The van der Waals surface area contributed by atoms with Crippen molar-refractivity contribution in [2.45, 2.75) is 89.4 Å². The van der Waals surface area contributed by atoms with Gasteiger partial charge in [0.05, 0.1) is 0 Å². The molecule has 0 atom stereocenters. The highest BCUT2D eigenvalue weighted by Gasteiger charge is 2.47. The molecule has 2 bridgehead atoms.